The van der Waals surface area contributed by atoms with E-state index in [0.717, 1.165) is 10.6 Å². The van der Waals surface area contributed by atoms with Crippen LogP contribution in [0.1, 0.15) is 13.8 Å². The topological polar surface area (TPSA) is 17.1 Å². The molecule has 0 saturated carbocycles. The summed E-state index contributed by atoms with van der Waals surface area (Å²) in [7, 11) is -2.75. The van der Waals surface area contributed by atoms with Crippen LogP contribution >= 0.6 is 7.14 Å². The molecule has 0 aromatic heterocycles. The number of rotatable bonds is 4. The molecule has 0 aliphatic heterocycles. The smallest absolute Gasteiger partial charge is 0.152 e. The molecule has 1 nitrogen and oxygen atoms in total. The molecule has 2 aromatic carbocycles. The van der Waals surface area contributed by atoms with Gasteiger partial charge in [-0.3, -0.25) is 0 Å². The minimum atomic E-state index is -2.75. The van der Waals surface area contributed by atoms with E-state index in [9.17, 15) is 4.57 Å². The molecule has 2 aromatic rings. The van der Waals surface area contributed by atoms with E-state index in [4.69, 9.17) is 0 Å². The van der Waals surface area contributed by atoms with Gasteiger partial charge in [-0.1, -0.05) is 66.7 Å². The van der Waals surface area contributed by atoms with E-state index in [2.05, 4.69) is 6.58 Å². The molecule has 0 saturated heterocycles. The molecule has 0 amide bonds. The van der Waals surface area contributed by atoms with E-state index in [1.807, 2.05) is 74.5 Å². The lowest BCUT2D eigenvalue weighted by atomic mass is 10.2. The first-order valence-electron chi connectivity index (χ1n) is 6.37. The molecular formula is C17H19OP. The average molecular weight is 270 g/mol. The van der Waals surface area contributed by atoms with Gasteiger partial charge in [0, 0.05) is 15.8 Å². The summed E-state index contributed by atoms with van der Waals surface area (Å²) in [5, 5.41) is 1.28. The standard InChI is InChI=1S/C17H19OP/c1-4-17(2,3)19(18,15-11-7-5-8-12-15)16-13-9-6-10-14-16/h4-14H,1H2,2-3H3. The SMILES string of the molecule is C=CC(C)(C)P(=O)(c1ccccc1)c1ccccc1. The summed E-state index contributed by atoms with van der Waals surface area (Å²) in [6.45, 7) is 7.85. The van der Waals surface area contributed by atoms with Gasteiger partial charge >= 0.3 is 0 Å². The molecule has 19 heavy (non-hydrogen) atoms. The van der Waals surface area contributed by atoms with Crippen LogP contribution in [-0.4, -0.2) is 5.16 Å². The van der Waals surface area contributed by atoms with Crippen LogP contribution < -0.4 is 10.6 Å². The maximum atomic E-state index is 13.8. The van der Waals surface area contributed by atoms with Crippen molar-refractivity contribution in [3.05, 3.63) is 73.3 Å². The Labute approximate surface area is 115 Å². The van der Waals surface area contributed by atoms with Crippen LogP contribution in [0.3, 0.4) is 0 Å². The predicted molar refractivity (Wildman–Crippen MR) is 84.0 cm³/mol. The Morgan fingerprint density at radius 2 is 1.26 bits per heavy atom. The van der Waals surface area contributed by atoms with Gasteiger partial charge in [0.2, 0.25) is 0 Å². The molecule has 0 aliphatic carbocycles. The minimum absolute atomic E-state index is 0.476. The van der Waals surface area contributed by atoms with Gasteiger partial charge in [-0.05, 0) is 13.8 Å². The highest BCUT2D eigenvalue weighted by molar-refractivity contribution is 7.80. The molecule has 2 heteroatoms. The Morgan fingerprint density at radius 1 is 0.895 bits per heavy atom. The predicted octanol–water partition coefficient (Wildman–Crippen LogP) is 3.97. The Morgan fingerprint density at radius 3 is 1.58 bits per heavy atom. The third-order valence-electron chi connectivity index (χ3n) is 3.55. The fraction of sp³-hybridized carbons (Fsp3) is 0.176. The van der Waals surface area contributed by atoms with Gasteiger partial charge in [-0.25, -0.2) is 0 Å². The van der Waals surface area contributed by atoms with Crippen LogP contribution in [0.4, 0.5) is 0 Å². The maximum absolute atomic E-state index is 13.8. The second kappa shape index (κ2) is 5.19. The summed E-state index contributed by atoms with van der Waals surface area (Å²) in [5.41, 5.74) is 0. The highest BCUT2D eigenvalue weighted by Gasteiger charge is 2.40. The van der Waals surface area contributed by atoms with Crippen molar-refractivity contribution in [2.45, 2.75) is 19.0 Å². The molecule has 98 valence electrons. The fourth-order valence-electron chi connectivity index (χ4n) is 2.22. The summed E-state index contributed by atoms with van der Waals surface area (Å²) in [6, 6.07) is 19.4. The van der Waals surface area contributed by atoms with Crippen LogP contribution in [0.25, 0.3) is 0 Å². The van der Waals surface area contributed by atoms with Gasteiger partial charge < -0.3 is 4.57 Å². The Bertz CT molecular complexity index is 556. The third-order valence-corrected chi connectivity index (χ3v) is 7.41. The van der Waals surface area contributed by atoms with Gasteiger partial charge in [-0.2, -0.15) is 0 Å². The van der Waals surface area contributed by atoms with Crippen LogP contribution in [-0.2, 0) is 4.57 Å². The van der Waals surface area contributed by atoms with E-state index in [-0.39, 0.29) is 0 Å². The lowest BCUT2D eigenvalue weighted by Gasteiger charge is -2.32. The lowest BCUT2D eigenvalue weighted by Crippen LogP contribution is -2.31. The summed E-state index contributed by atoms with van der Waals surface area (Å²) in [5.74, 6) is 0. The number of hydrogen-bond donors (Lipinski definition) is 0. The summed E-state index contributed by atoms with van der Waals surface area (Å²) >= 11 is 0. The first-order valence-corrected chi connectivity index (χ1v) is 8.08. The lowest BCUT2D eigenvalue weighted by molar-refractivity contribution is 0.572. The Kier molecular flexibility index (Phi) is 3.78. The van der Waals surface area contributed by atoms with Crippen LogP contribution in [0.5, 0.6) is 0 Å². The minimum Gasteiger partial charge on any atom is -0.313 e. The molecule has 0 unspecified atom stereocenters. The van der Waals surface area contributed by atoms with Crippen molar-refractivity contribution in [1.82, 2.24) is 0 Å². The number of allylic oxidation sites excluding steroid dienone is 1. The fourth-order valence-corrected chi connectivity index (χ4v) is 5.29. The summed E-state index contributed by atoms with van der Waals surface area (Å²) in [4.78, 5) is 0. The van der Waals surface area contributed by atoms with Gasteiger partial charge in [0.15, 0.2) is 7.14 Å². The molecule has 2 rings (SSSR count). The second-order valence-electron chi connectivity index (χ2n) is 5.14. The highest BCUT2D eigenvalue weighted by Crippen LogP contribution is 2.56. The van der Waals surface area contributed by atoms with Crippen molar-refractivity contribution in [2.24, 2.45) is 0 Å². The first kappa shape index (κ1) is 13.8. The summed E-state index contributed by atoms with van der Waals surface area (Å²) in [6.07, 6.45) is 1.80. The normalized spacial score (nSPS) is 12.1. The zero-order valence-electron chi connectivity index (χ0n) is 11.4. The largest absolute Gasteiger partial charge is 0.313 e. The number of benzene rings is 2. The Hall–Kier alpha value is -1.59. The van der Waals surface area contributed by atoms with Crippen molar-refractivity contribution >= 4 is 17.8 Å². The van der Waals surface area contributed by atoms with Crippen molar-refractivity contribution in [1.29, 1.82) is 0 Å². The molecule has 0 atom stereocenters. The second-order valence-corrected chi connectivity index (χ2v) is 8.54. The molecule has 0 aliphatic rings. The molecule has 0 heterocycles. The van der Waals surface area contributed by atoms with Gasteiger partial charge in [0.25, 0.3) is 0 Å². The molecule has 0 bridgehead atoms. The Balaban J connectivity index is 2.72. The first-order chi connectivity index (χ1) is 9.02. The van der Waals surface area contributed by atoms with Crippen LogP contribution in [0, 0.1) is 0 Å². The molecule has 0 spiro atoms. The highest BCUT2D eigenvalue weighted by atomic mass is 31.2. The van der Waals surface area contributed by atoms with E-state index in [1.165, 1.54) is 0 Å². The zero-order valence-corrected chi connectivity index (χ0v) is 12.3. The van der Waals surface area contributed by atoms with Gasteiger partial charge in [0.1, 0.15) is 0 Å². The molecule has 0 N–H and O–H groups in total. The van der Waals surface area contributed by atoms with E-state index in [0.29, 0.717) is 0 Å². The average Bonchev–Trinajstić information content (AvgIpc) is 2.48. The van der Waals surface area contributed by atoms with Crippen molar-refractivity contribution in [3.63, 3.8) is 0 Å². The monoisotopic (exact) mass is 270 g/mol. The van der Waals surface area contributed by atoms with E-state index < -0.39 is 12.3 Å². The van der Waals surface area contributed by atoms with Gasteiger partial charge in [-0.15, -0.1) is 6.58 Å². The van der Waals surface area contributed by atoms with E-state index in [1.54, 1.807) is 6.08 Å². The van der Waals surface area contributed by atoms with E-state index >= 15 is 0 Å². The van der Waals surface area contributed by atoms with Crippen LogP contribution in [0.2, 0.25) is 0 Å². The van der Waals surface area contributed by atoms with Crippen molar-refractivity contribution < 1.29 is 4.57 Å². The maximum Gasteiger partial charge on any atom is 0.152 e. The molecule has 0 fully saturated rings. The third kappa shape index (κ3) is 2.31. The summed E-state index contributed by atoms with van der Waals surface area (Å²) < 4.78 is 13.8. The zero-order chi connectivity index (χ0) is 13.9. The van der Waals surface area contributed by atoms with Crippen molar-refractivity contribution in [3.8, 4) is 0 Å². The van der Waals surface area contributed by atoms with Crippen LogP contribution in [0.15, 0.2) is 73.3 Å². The quantitative estimate of drug-likeness (QED) is 0.607. The molecular weight excluding hydrogens is 251 g/mol. The molecule has 0 radical (unpaired) electrons. The van der Waals surface area contributed by atoms with Gasteiger partial charge in [0.05, 0.1) is 0 Å². The number of hydrogen-bond acceptors (Lipinski definition) is 1. The van der Waals surface area contributed by atoms with Crippen molar-refractivity contribution in [2.75, 3.05) is 0 Å².